The Morgan fingerprint density at radius 2 is 1.96 bits per heavy atom. The summed E-state index contributed by atoms with van der Waals surface area (Å²) in [5.74, 6) is -0.523. The minimum absolute atomic E-state index is 0.00254. The number of nitro groups is 1. The van der Waals surface area contributed by atoms with Gasteiger partial charge in [0.25, 0.3) is 5.69 Å². The standard InChI is InChI=1S/C19H22N2O5S/c1-3-5-14-17(22)20-16(15(6-4-2)27-18(14)20)19(23)26-11-12-7-9-13(10-8-12)21(24)25/h7-10,14,18H,3-6,11H2,1-2H3/t14-,18+/m0/s1. The van der Waals surface area contributed by atoms with E-state index in [-0.39, 0.29) is 29.5 Å². The lowest BCUT2D eigenvalue weighted by Crippen LogP contribution is -2.57. The first-order valence-corrected chi connectivity index (χ1v) is 9.99. The van der Waals surface area contributed by atoms with Gasteiger partial charge < -0.3 is 4.74 Å². The summed E-state index contributed by atoms with van der Waals surface area (Å²) >= 11 is 1.61. The molecule has 0 unspecified atom stereocenters. The van der Waals surface area contributed by atoms with Gasteiger partial charge in [-0.25, -0.2) is 4.79 Å². The van der Waals surface area contributed by atoms with Gasteiger partial charge in [0.05, 0.1) is 16.2 Å². The van der Waals surface area contributed by atoms with Crippen LogP contribution in [-0.2, 0) is 20.9 Å². The molecule has 0 radical (unpaired) electrons. The van der Waals surface area contributed by atoms with Crippen molar-refractivity contribution >= 4 is 29.3 Å². The van der Waals surface area contributed by atoms with Gasteiger partial charge in [0.15, 0.2) is 0 Å². The summed E-state index contributed by atoms with van der Waals surface area (Å²) < 4.78 is 5.41. The largest absolute Gasteiger partial charge is 0.456 e. The van der Waals surface area contributed by atoms with Crippen LogP contribution in [0.3, 0.4) is 0 Å². The molecular formula is C19H22N2O5S. The fraction of sp³-hybridized carbons (Fsp3) is 0.474. The second kappa shape index (κ2) is 8.12. The first-order chi connectivity index (χ1) is 13.0. The Hall–Kier alpha value is -2.35. The number of nitro benzene ring substituents is 1. The van der Waals surface area contributed by atoms with Crippen LogP contribution in [0.25, 0.3) is 0 Å². The molecule has 0 aliphatic carbocycles. The molecule has 1 aromatic carbocycles. The third-order valence-corrected chi connectivity index (χ3v) is 6.17. The topological polar surface area (TPSA) is 89.8 Å². The Kier molecular flexibility index (Phi) is 5.84. The number of amides is 1. The summed E-state index contributed by atoms with van der Waals surface area (Å²) in [4.78, 5) is 37.9. The molecular weight excluding hydrogens is 368 g/mol. The van der Waals surface area contributed by atoms with Crippen molar-refractivity contribution in [3.05, 3.63) is 50.5 Å². The molecule has 0 bridgehead atoms. The number of ether oxygens (including phenoxy) is 1. The van der Waals surface area contributed by atoms with Gasteiger partial charge in [0, 0.05) is 17.0 Å². The summed E-state index contributed by atoms with van der Waals surface area (Å²) in [6, 6.07) is 5.87. The first-order valence-electron chi connectivity index (χ1n) is 9.11. The minimum Gasteiger partial charge on any atom is -0.456 e. The van der Waals surface area contributed by atoms with Crippen LogP contribution in [0.4, 0.5) is 5.69 Å². The lowest BCUT2D eigenvalue weighted by molar-refractivity contribution is -0.384. The van der Waals surface area contributed by atoms with Gasteiger partial charge in [0.1, 0.15) is 12.3 Å². The molecule has 2 atom stereocenters. The van der Waals surface area contributed by atoms with Gasteiger partial charge in [0.2, 0.25) is 5.91 Å². The van der Waals surface area contributed by atoms with Gasteiger partial charge >= 0.3 is 5.97 Å². The second-order valence-corrected chi connectivity index (χ2v) is 7.84. The molecule has 144 valence electrons. The zero-order valence-corrected chi connectivity index (χ0v) is 16.2. The van der Waals surface area contributed by atoms with E-state index in [9.17, 15) is 19.7 Å². The fourth-order valence-corrected chi connectivity index (χ4v) is 5.00. The zero-order valence-electron chi connectivity index (χ0n) is 15.3. The number of rotatable bonds is 8. The number of β-lactam (4-membered cyclic amide) rings is 1. The summed E-state index contributed by atoms with van der Waals surface area (Å²) in [6.07, 6.45) is 3.39. The molecule has 2 aliphatic rings. The molecule has 0 spiro atoms. The molecule has 27 heavy (non-hydrogen) atoms. The molecule has 0 saturated carbocycles. The average Bonchev–Trinajstić information content (AvgIpc) is 3.00. The lowest BCUT2D eigenvalue weighted by Gasteiger charge is -2.42. The average molecular weight is 390 g/mol. The summed E-state index contributed by atoms with van der Waals surface area (Å²) in [5, 5.41) is 10.7. The van der Waals surface area contributed by atoms with E-state index in [1.807, 2.05) is 6.92 Å². The Balaban J connectivity index is 1.69. The Bertz CT molecular complexity index is 790. The van der Waals surface area contributed by atoms with E-state index in [4.69, 9.17) is 4.74 Å². The van der Waals surface area contributed by atoms with E-state index in [1.165, 1.54) is 12.1 Å². The van der Waals surface area contributed by atoms with Gasteiger partial charge in [-0.3, -0.25) is 19.8 Å². The number of hydrogen-bond acceptors (Lipinski definition) is 6. The molecule has 0 N–H and O–H groups in total. The number of esters is 1. The number of allylic oxidation sites excluding steroid dienone is 1. The molecule has 1 aromatic rings. The molecule has 1 fully saturated rings. The highest BCUT2D eigenvalue weighted by molar-refractivity contribution is 8.04. The highest BCUT2D eigenvalue weighted by atomic mass is 32.2. The number of thioether (sulfide) groups is 1. The number of hydrogen-bond donors (Lipinski definition) is 0. The molecule has 7 nitrogen and oxygen atoms in total. The van der Waals surface area contributed by atoms with E-state index in [0.29, 0.717) is 11.3 Å². The quantitative estimate of drug-likeness (QED) is 0.289. The Morgan fingerprint density at radius 1 is 1.26 bits per heavy atom. The molecule has 8 heteroatoms. The first kappa shape index (κ1) is 19.4. The fourth-order valence-electron chi connectivity index (χ4n) is 3.36. The highest BCUT2D eigenvalue weighted by Crippen LogP contribution is 2.52. The maximum atomic E-state index is 12.7. The number of carbonyl (C=O) groups excluding carboxylic acids is 2. The van der Waals surface area contributed by atoms with E-state index < -0.39 is 10.9 Å². The molecule has 3 rings (SSSR count). The summed E-state index contributed by atoms with van der Waals surface area (Å²) in [7, 11) is 0. The van der Waals surface area contributed by atoms with Gasteiger partial charge in [-0.05, 0) is 30.5 Å². The van der Waals surface area contributed by atoms with Crippen molar-refractivity contribution in [2.24, 2.45) is 5.92 Å². The SMILES string of the molecule is CCCC1=C(C(=O)OCc2ccc([N+](=O)[O-])cc2)N2C(=O)[C@H](CCC)[C@H]2S1. The van der Waals surface area contributed by atoms with E-state index in [1.54, 1.807) is 28.8 Å². The number of fused-ring (bicyclic) bond motifs is 1. The van der Waals surface area contributed by atoms with Crippen LogP contribution in [0.5, 0.6) is 0 Å². The number of carbonyl (C=O) groups is 2. The van der Waals surface area contributed by atoms with Crippen molar-refractivity contribution in [2.45, 2.75) is 51.5 Å². The summed E-state index contributed by atoms with van der Waals surface area (Å²) in [6.45, 7) is 4.10. The molecule has 1 amide bonds. The lowest BCUT2D eigenvalue weighted by atomic mass is 9.92. The molecule has 1 saturated heterocycles. The predicted molar refractivity (Wildman–Crippen MR) is 101 cm³/mol. The number of nitrogens with zero attached hydrogens (tertiary/aromatic N) is 2. The number of benzene rings is 1. The molecule has 2 aliphatic heterocycles. The highest BCUT2D eigenvalue weighted by Gasteiger charge is 2.55. The number of non-ortho nitro benzene ring substituents is 1. The summed E-state index contributed by atoms with van der Waals surface area (Å²) in [5.41, 5.74) is 1.03. The van der Waals surface area contributed by atoms with Crippen LogP contribution in [0.1, 0.15) is 45.1 Å². The van der Waals surface area contributed by atoms with Crippen LogP contribution in [0, 0.1) is 16.0 Å². The van der Waals surface area contributed by atoms with Crippen LogP contribution >= 0.6 is 11.8 Å². The third-order valence-electron chi connectivity index (χ3n) is 4.71. The van der Waals surface area contributed by atoms with Crippen LogP contribution in [0.2, 0.25) is 0 Å². The van der Waals surface area contributed by atoms with E-state index in [0.717, 1.165) is 30.6 Å². The van der Waals surface area contributed by atoms with E-state index in [2.05, 4.69) is 6.92 Å². The smallest absolute Gasteiger partial charge is 0.356 e. The van der Waals surface area contributed by atoms with Crippen molar-refractivity contribution in [1.29, 1.82) is 0 Å². The van der Waals surface area contributed by atoms with Crippen LogP contribution < -0.4 is 0 Å². The maximum absolute atomic E-state index is 12.7. The van der Waals surface area contributed by atoms with Crippen molar-refractivity contribution in [1.82, 2.24) is 4.90 Å². The second-order valence-electron chi connectivity index (χ2n) is 6.63. The predicted octanol–water partition coefficient (Wildman–Crippen LogP) is 3.98. The van der Waals surface area contributed by atoms with Crippen molar-refractivity contribution in [3.63, 3.8) is 0 Å². The van der Waals surface area contributed by atoms with Crippen molar-refractivity contribution < 1.29 is 19.2 Å². The molecule has 0 aromatic heterocycles. The zero-order chi connectivity index (χ0) is 19.6. The third kappa shape index (κ3) is 3.71. The van der Waals surface area contributed by atoms with Gasteiger partial charge in [-0.2, -0.15) is 0 Å². The molecule has 2 heterocycles. The van der Waals surface area contributed by atoms with Gasteiger partial charge in [-0.1, -0.05) is 26.7 Å². The van der Waals surface area contributed by atoms with Crippen molar-refractivity contribution in [2.75, 3.05) is 0 Å². The maximum Gasteiger partial charge on any atom is 0.356 e. The van der Waals surface area contributed by atoms with Crippen molar-refractivity contribution in [3.8, 4) is 0 Å². The minimum atomic E-state index is -0.505. The normalized spacial score (nSPS) is 21.1. The monoisotopic (exact) mass is 390 g/mol. The van der Waals surface area contributed by atoms with Gasteiger partial charge in [-0.15, -0.1) is 11.8 Å². The van der Waals surface area contributed by atoms with E-state index >= 15 is 0 Å². The Labute approximate surface area is 161 Å². The Morgan fingerprint density at radius 3 is 2.56 bits per heavy atom. The van der Waals surface area contributed by atoms with Crippen LogP contribution in [0.15, 0.2) is 34.9 Å². The van der Waals surface area contributed by atoms with Crippen LogP contribution in [-0.4, -0.2) is 27.1 Å².